The first kappa shape index (κ1) is 13.8. The van der Waals surface area contributed by atoms with E-state index in [0.29, 0.717) is 5.02 Å². The zero-order chi connectivity index (χ0) is 13.1. The number of carbonyl (C=O) groups excluding carboxylic acids is 1. The summed E-state index contributed by atoms with van der Waals surface area (Å²) in [7, 11) is 0. The third kappa shape index (κ3) is 3.33. The fourth-order valence-electron chi connectivity index (χ4n) is 1.38. The van der Waals surface area contributed by atoms with Crippen molar-refractivity contribution in [3.63, 3.8) is 0 Å². The predicted molar refractivity (Wildman–Crippen MR) is 70.1 cm³/mol. The van der Waals surface area contributed by atoms with Crippen molar-refractivity contribution >= 4 is 23.3 Å². The van der Waals surface area contributed by atoms with E-state index in [0.717, 1.165) is 12.8 Å². The number of nitrogen functional groups attached to an aromatic ring is 1. The highest BCUT2D eigenvalue weighted by Crippen LogP contribution is 2.18. The molecule has 0 bridgehead atoms. The summed E-state index contributed by atoms with van der Waals surface area (Å²) < 4.78 is 0. The number of nitrogens with one attached hydrogen (secondary N) is 1. The maximum absolute atomic E-state index is 12.0. The third-order valence-electron chi connectivity index (χ3n) is 3.06. The average Bonchev–Trinajstić information content (AvgIpc) is 2.32. The molecule has 1 aromatic rings. The van der Waals surface area contributed by atoms with Gasteiger partial charge in [0.25, 0.3) is 5.91 Å². The van der Waals surface area contributed by atoms with E-state index >= 15 is 0 Å². The van der Waals surface area contributed by atoms with E-state index in [1.54, 1.807) is 12.1 Å². The first-order valence-electron chi connectivity index (χ1n) is 5.66. The monoisotopic (exact) mass is 255 g/mol. The highest BCUT2D eigenvalue weighted by Gasteiger charge is 2.24. The molecule has 5 heteroatoms. The highest BCUT2D eigenvalue weighted by atomic mass is 35.5. The molecule has 4 nitrogen and oxygen atoms in total. The molecule has 0 aliphatic rings. The molecule has 0 aliphatic carbocycles. The third-order valence-corrected chi connectivity index (χ3v) is 3.36. The van der Waals surface area contributed by atoms with Crippen molar-refractivity contribution < 1.29 is 4.79 Å². The van der Waals surface area contributed by atoms with E-state index in [4.69, 9.17) is 17.3 Å². The van der Waals surface area contributed by atoms with Crippen LogP contribution in [-0.2, 0) is 0 Å². The Bertz CT molecular complexity index is 416. The van der Waals surface area contributed by atoms with E-state index in [1.807, 2.05) is 20.8 Å². The molecule has 1 aromatic heterocycles. The number of nitrogens with two attached hydrogens (primary N) is 1. The molecule has 1 amide bonds. The molecule has 0 aromatic carbocycles. The van der Waals surface area contributed by atoms with Crippen molar-refractivity contribution in [2.75, 3.05) is 5.73 Å². The van der Waals surface area contributed by atoms with Crippen molar-refractivity contribution in [3.05, 3.63) is 22.8 Å². The van der Waals surface area contributed by atoms with Crippen LogP contribution >= 0.6 is 11.6 Å². The molecule has 0 radical (unpaired) electrons. The van der Waals surface area contributed by atoms with Crippen LogP contribution in [0.1, 0.15) is 44.1 Å². The highest BCUT2D eigenvalue weighted by molar-refractivity contribution is 6.33. The first-order valence-corrected chi connectivity index (χ1v) is 6.04. The lowest BCUT2D eigenvalue weighted by atomic mass is 9.95. The van der Waals surface area contributed by atoms with E-state index in [1.165, 1.54) is 0 Å². The van der Waals surface area contributed by atoms with Crippen molar-refractivity contribution in [1.29, 1.82) is 0 Å². The summed E-state index contributed by atoms with van der Waals surface area (Å²) in [5.41, 5.74) is 5.48. The summed E-state index contributed by atoms with van der Waals surface area (Å²) in [6.07, 6.45) is 1.68. The van der Waals surface area contributed by atoms with Crippen LogP contribution in [0.5, 0.6) is 0 Å². The second-order valence-electron chi connectivity index (χ2n) is 4.29. The number of hydrogen-bond donors (Lipinski definition) is 2. The number of halogens is 1. The van der Waals surface area contributed by atoms with E-state index < -0.39 is 0 Å². The molecule has 3 N–H and O–H groups in total. The maximum atomic E-state index is 12.0. The predicted octanol–water partition coefficient (Wildman–Crippen LogP) is 2.63. The fraction of sp³-hybridized carbons (Fsp3) is 0.500. The number of rotatable bonds is 4. The summed E-state index contributed by atoms with van der Waals surface area (Å²) in [6.45, 7) is 6.04. The van der Waals surface area contributed by atoms with Crippen molar-refractivity contribution in [3.8, 4) is 0 Å². The Morgan fingerprint density at radius 2 is 2.06 bits per heavy atom. The van der Waals surface area contributed by atoms with Gasteiger partial charge in [0.05, 0.1) is 5.02 Å². The topological polar surface area (TPSA) is 68.0 Å². The number of amides is 1. The Morgan fingerprint density at radius 3 is 2.59 bits per heavy atom. The Kier molecular flexibility index (Phi) is 4.34. The van der Waals surface area contributed by atoms with Gasteiger partial charge in [-0.2, -0.15) is 0 Å². The zero-order valence-electron chi connectivity index (χ0n) is 10.4. The normalized spacial score (nSPS) is 11.3. The van der Waals surface area contributed by atoms with Gasteiger partial charge in [-0.15, -0.1) is 0 Å². The van der Waals surface area contributed by atoms with Crippen LogP contribution in [0.15, 0.2) is 12.1 Å². The second-order valence-corrected chi connectivity index (χ2v) is 4.70. The van der Waals surface area contributed by atoms with E-state index in [2.05, 4.69) is 10.3 Å². The van der Waals surface area contributed by atoms with Crippen molar-refractivity contribution in [1.82, 2.24) is 10.3 Å². The van der Waals surface area contributed by atoms with Crippen LogP contribution in [0.25, 0.3) is 0 Å². The van der Waals surface area contributed by atoms with Crippen LogP contribution in [0.3, 0.4) is 0 Å². The van der Waals surface area contributed by atoms with Gasteiger partial charge in [-0.05, 0) is 31.9 Å². The van der Waals surface area contributed by atoms with Gasteiger partial charge in [-0.3, -0.25) is 4.79 Å². The molecule has 0 fully saturated rings. The minimum Gasteiger partial charge on any atom is -0.384 e. The summed E-state index contributed by atoms with van der Waals surface area (Å²) in [5, 5.41) is 3.25. The number of nitrogens with zero attached hydrogens (tertiary/aromatic N) is 1. The molecule has 17 heavy (non-hydrogen) atoms. The molecule has 1 heterocycles. The van der Waals surface area contributed by atoms with E-state index in [9.17, 15) is 4.79 Å². The molecule has 94 valence electrons. The molecule has 0 aliphatic heterocycles. The fourth-order valence-corrected chi connectivity index (χ4v) is 1.57. The number of anilines is 1. The molecule has 0 spiro atoms. The van der Waals surface area contributed by atoms with Gasteiger partial charge >= 0.3 is 0 Å². The van der Waals surface area contributed by atoms with Crippen LogP contribution in [0, 0.1) is 0 Å². The molecular weight excluding hydrogens is 238 g/mol. The minimum absolute atomic E-state index is 0.180. The lowest BCUT2D eigenvalue weighted by molar-refractivity contribution is 0.0896. The van der Waals surface area contributed by atoms with Gasteiger partial charge in [0, 0.05) is 5.54 Å². The molecule has 1 rings (SSSR count). The summed E-state index contributed by atoms with van der Waals surface area (Å²) in [5.74, 6) is 0.00255. The lowest BCUT2D eigenvalue weighted by Crippen LogP contribution is -2.45. The largest absolute Gasteiger partial charge is 0.384 e. The SMILES string of the molecule is CCC(C)(CC)NC(=O)c1nc(N)ccc1Cl. The van der Waals surface area contributed by atoms with Crippen molar-refractivity contribution in [2.45, 2.75) is 39.2 Å². The van der Waals surface area contributed by atoms with Gasteiger partial charge < -0.3 is 11.1 Å². The van der Waals surface area contributed by atoms with Crippen LogP contribution < -0.4 is 11.1 Å². The maximum Gasteiger partial charge on any atom is 0.271 e. The molecule has 0 saturated heterocycles. The van der Waals surface area contributed by atoms with E-state index in [-0.39, 0.29) is 23.0 Å². The molecule has 0 atom stereocenters. The minimum atomic E-state index is -0.284. The Morgan fingerprint density at radius 1 is 1.47 bits per heavy atom. The summed E-state index contributed by atoms with van der Waals surface area (Å²) in [6, 6.07) is 3.14. The average molecular weight is 256 g/mol. The van der Waals surface area contributed by atoms with Gasteiger partial charge in [-0.25, -0.2) is 4.98 Å². The number of carbonyl (C=O) groups is 1. The van der Waals surface area contributed by atoms with Crippen LogP contribution in [0.2, 0.25) is 5.02 Å². The number of hydrogen-bond acceptors (Lipinski definition) is 3. The quantitative estimate of drug-likeness (QED) is 0.869. The van der Waals surface area contributed by atoms with Crippen molar-refractivity contribution in [2.24, 2.45) is 0 Å². The molecular formula is C12H18ClN3O. The number of pyridine rings is 1. The van der Waals surface area contributed by atoms with Gasteiger partial charge in [0.2, 0.25) is 0 Å². The standard InChI is InChI=1S/C12H18ClN3O/c1-4-12(3,5-2)16-11(17)10-8(13)6-7-9(14)15-10/h6-7H,4-5H2,1-3H3,(H2,14,15)(H,16,17). The second kappa shape index (κ2) is 5.36. The zero-order valence-corrected chi connectivity index (χ0v) is 11.1. The molecule has 0 saturated carbocycles. The molecule has 0 unspecified atom stereocenters. The Balaban J connectivity index is 2.94. The lowest BCUT2D eigenvalue weighted by Gasteiger charge is -2.28. The van der Waals surface area contributed by atoms with Gasteiger partial charge in [0.1, 0.15) is 11.5 Å². The smallest absolute Gasteiger partial charge is 0.271 e. The summed E-state index contributed by atoms with van der Waals surface area (Å²) >= 11 is 5.93. The van der Waals surface area contributed by atoms with Gasteiger partial charge in [-0.1, -0.05) is 25.4 Å². The Hall–Kier alpha value is -1.29. The van der Waals surface area contributed by atoms with Crippen LogP contribution in [-0.4, -0.2) is 16.4 Å². The first-order chi connectivity index (χ1) is 7.91. The Labute approximate surface area is 107 Å². The van der Waals surface area contributed by atoms with Crippen LogP contribution in [0.4, 0.5) is 5.82 Å². The summed E-state index contributed by atoms with van der Waals surface area (Å²) in [4.78, 5) is 16.0. The number of aromatic nitrogens is 1. The van der Waals surface area contributed by atoms with Gasteiger partial charge in [0.15, 0.2) is 0 Å².